The minimum absolute atomic E-state index is 0.0591. The lowest BCUT2D eigenvalue weighted by Gasteiger charge is -2.44. The first-order valence-electron chi connectivity index (χ1n) is 14.9. The average Bonchev–Trinajstić information content (AvgIpc) is 3.13. The van der Waals surface area contributed by atoms with Crippen LogP contribution in [0.15, 0.2) is 121 Å². The molecule has 0 aromatic heterocycles. The Balaban J connectivity index is 1.58. The van der Waals surface area contributed by atoms with E-state index >= 15 is 0 Å². The first-order valence-corrected chi connectivity index (χ1v) is 16.1. The van der Waals surface area contributed by atoms with Crippen LogP contribution in [0, 0.1) is 0 Å². The maximum absolute atomic E-state index is 13.6. The number of hydrogen-bond donors (Lipinski definition) is 0. The summed E-state index contributed by atoms with van der Waals surface area (Å²) in [5, 5.41) is 0. The van der Waals surface area contributed by atoms with Gasteiger partial charge >= 0.3 is 29.8 Å². The Labute approximate surface area is 300 Å². The Kier molecular flexibility index (Phi) is 12.1. The molecule has 1 aliphatic rings. The number of alkyl halides is 3. The molecule has 0 radical (unpaired) electrons. The summed E-state index contributed by atoms with van der Waals surface area (Å²) in [5.41, 5.74) is 0.413. The van der Waals surface area contributed by atoms with Crippen LogP contribution in [0.4, 0.5) is 0 Å². The molecule has 14 heteroatoms. The topological polar surface area (TPSA) is 141 Å². The van der Waals surface area contributed by atoms with Crippen LogP contribution in [-0.2, 0) is 33.2 Å². The van der Waals surface area contributed by atoms with Gasteiger partial charge in [0.2, 0.25) is 12.4 Å². The smallest absolute Gasteiger partial charge is 0.360 e. The molecule has 0 amide bonds. The summed E-state index contributed by atoms with van der Waals surface area (Å²) in [6, 6.07) is 31.2. The molecule has 1 fully saturated rings. The molecule has 50 heavy (non-hydrogen) atoms. The highest BCUT2D eigenvalue weighted by Gasteiger charge is 2.55. The molecule has 1 saturated heterocycles. The zero-order chi connectivity index (χ0) is 35.7. The fourth-order valence-electron chi connectivity index (χ4n) is 4.79. The normalized spacial score (nSPS) is 20.1. The summed E-state index contributed by atoms with van der Waals surface area (Å²) in [7, 11) is 0. The number of benzene rings is 4. The number of ether oxygens (including phenoxy) is 6. The van der Waals surface area contributed by atoms with Gasteiger partial charge < -0.3 is 28.4 Å². The fourth-order valence-corrected chi connectivity index (χ4v) is 4.93. The zero-order valence-corrected chi connectivity index (χ0v) is 28.0. The second kappa shape index (κ2) is 16.6. The van der Waals surface area contributed by atoms with Gasteiger partial charge in [-0.2, -0.15) is 0 Å². The van der Waals surface area contributed by atoms with E-state index in [-0.39, 0.29) is 22.3 Å². The number of carbonyl (C=O) groups excluding carboxylic acids is 5. The Bertz CT molecular complexity index is 1790. The first kappa shape index (κ1) is 36.3. The Morgan fingerprint density at radius 3 is 1.26 bits per heavy atom. The Morgan fingerprint density at radius 1 is 0.500 bits per heavy atom. The molecule has 4 aromatic rings. The molecular weight excluding hydrogens is 715 g/mol. The van der Waals surface area contributed by atoms with Gasteiger partial charge in [-0.05, 0) is 48.5 Å². The minimum Gasteiger partial charge on any atom is -0.459 e. The molecule has 0 saturated carbocycles. The highest BCUT2D eigenvalue weighted by molar-refractivity contribution is 6.75. The number of carbonyl (C=O) groups is 5. The third-order valence-electron chi connectivity index (χ3n) is 7.19. The summed E-state index contributed by atoms with van der Waals surface area (Å²) in [5.74, 6) is -5.03. The minimum atomic E-state index is -2.63. The highest BCUT2D eigenvalue weighted by atomic mass is 35.6. The molecule has 5 rings (SSSR count). The number of hydrogen-bond acceptors (Lipinski definition) is 11. The summed E-state index contributed by atoms with van der Waals surface area (Å²) in [4.78, 5) is 66.3. The van der Waals surface area contributed by atoms with Crippen LogP contribution in [0.5, 0.6) is 0 Å². The van der Waals surface area contributed by atoms with Gasteiger partial charge in [0.1, 0.15) is 12.7 Å². The molecule has 1 heterocycles. The number of rotatable bonds is 10. The third-order valence-corrected chi connectivity index (χ3v) is 7.65. The fraction of sp³-hybridized carbons (Fsp3) is 0.194. The van der Waals surface area contributed by atoms with Crippen LogP contribution in [0.25, 0.3) is 0 Å². The largest absolute Gasteiger partial charge is 0.459 e. The monoisotopic (exact) mass is 740 g/mol. The predicted molar refractivity (Wildman–Crippen MR) is 179 cm³/mol. The van der Waals surface area contributed by atoms with Crippen LogP contribution >= 0.6 is 34.8 Å². The maximum Gasteiger partial charge on any atom is 0.360 e. The molecule has 0 N–H and O–H groups in total. The van der Waals surface area contributed by atoms with E-state index in [2.05, 4.69) is 0 Å². The summed E-state index contributed by atoms with van der Waals surface area (Å²) < 4.78 is 31.8. The van der Waals surface area contributed by atoms with Gasteiger partial charge in [0.05, 0.1) is 22.3 Å². The van der Waals surface area contributed by atoms with Crippen LogP contribution in [0.1, 0.15) is 41.4 Å². The average molecular weight is 742 g/mol. The van der Waals surface area contributed by atoms with E-state index in [0.717, 1.165) is 0 Å². The van der Waals surface area contributed by atoms with Crippen molar-refractivity contribution in [2.45, 2.75) is 34.5 Å². The molecular formula is C36H27Cl3O11. The van der Waals surface area contributed by atoms with Crippen molar-refractivity contribution in [3.63, 3.8) is 0 Å². The summed E-state index contributed by atoms with van der Waals surface area (Å²) in [6.45, 7) is -0.638. The van der Waals surface area contributed by atoms with Crippen molar-refractivity contribution in [2.24, 2.45) is 0 Å². The SMILES string of the molecule is O=C(OCC1O[C@H](OC(=O)C(Cl)(Cl)Cl)C(OC(=O)c2ccccc2)C(OC(=O)c2ccccc2)[C@@H]1OC(=O)c1ccccc1)c1ccccc1. The van der Waals surface area contributed by atoms with E-state index in [1.807, 2.05) is 0 Å². The summed E-state index contributed by atoms with van der Waals surface area (Å²) in [6.07, 6.45) is -8.70. The second-order valence-corrected chi connectivity index (χ2v) is 12.9. The van der Waals surface area contributed by atoms with Crippen molar-refractivity contribution in [3.05, 3.63) is 144 Å². The van der Waals surface area contributed by atoms with Crippen molar-refractivity contribution in [3.8, 4) is 0 Å². The van der Waals surface area contributed by atoms with Gasteiger partial charge in [-0.3, -0.25) is 0 Å². The van der Waals surface area contributed by atoms with E-state index in [1.165, 1.54) is 48.5 Å². The van der Waals surface area contributed by atoms with Gasteiger partial charge in [-0.15, -0.1) is 0 Å². The van der Waals surface area contributed by atoms with Gasteiger partial charge in [0.25, 0.3) is 3.79 Å². The van der Waals surface area contributed by atoms with Gasteiger partial charge in [-0.25, -0.2) is 24.0 Å². The van der Waals surface area contributed by atoms with Crippen molar-refractivity contribution < 1.29 is 52.4 Å². The molecule has 0 spiro atoms. The van der Waals surface area contributed by atoms with Crippen molar-refractivity contribution in [1.82, 2.24) is 0 Å². The molecule has 11 nitrogen and oxygen atoms in total. The Hall–Kier alpha value is -4.94. The maximum atomic E-state index is 13.6. The lowest BCUT2D eigenvalue weighted by atomic mass is 9.97. The first-order chi connectivity index (χ1) is 24.0. The molecule has 0 bridgehead atoms. The molecule has 4 aromatic carbocycles. The van der Waals surface area contributed by atoms with Crippen LogP contribution in [0.3, 0.4) is 0 Å². The zero-order valence-electron chi connectivity index (χ0n) is 25.8. The molecule has 0 aliphatic carbocycles. The van der Waals surface area contributed by atoms with E-state index in [1.54, 1.807) is 72.8 Å². The van der Waals surface area contributed by atoms with Gasteiger partial charge in [0, 0.05) is 0 Å². The molecule has 1 aliphatic heterocycles. The number of esters is 5. The molecule has 3 unspecified atom stereocenters. The van der Waals surface area contributed by atoms with E-state index in [9.17, 15) is 24.0 Å². The van der Waals surface area contributed by atoms with Crippen molar-refractivity contribution >= 4 is 64.6 Å². The van der Waals surface area contributed by atoms with E-state index in [4.69, 9.17) is 63.2 Å². The van der Waals surface area contributed by atoms with Crippen LogP contribution < -0.4 is 0 Å². The second-order valence-electron chi connectivity index (χ2n) is 10.6. The molecule has 258 valence electrons. The van der Waals surface area contributed by atoms with Crippen molar-refractivity contribution in [2.75, 3.05) is 6.61 Å². The third kappa shape index (κ3) is 9.39. The van der Waals surface area contributed by atoms with Crippen molar-refractivity contribution in [1.29, 1.82) is 0 Å². The molecule has 5 atom stereocenters. The quantitative estimate of drug-likeness (QED) is 0.105. The highest BCUT2D eigenvalue weighted by Crippen LogP contribution is 2.34. The standard InChI is InChI=1S/C36H27Cl3O11/c37-36(38,39)35(44)50-34-29(49-33(43)25-19-11-4-12-20-25)28(48-32(42)24-17-9-3-10-18-24)27(47-31(41)23-15-7-2-8-16-23)26(46-34)21-45-30(40)22-13-5-1-6-14-22/h1-20,26-29,34H,21H2/t26?,27-,28?,29?,34-/m1/s1. The summed E-state index contributed by atoms with van der Waals surface area (Å²) >= 11 is 17.4. The van der Waals surface area contributed by atoms with E-state index in [0.29, 0.717) is 0 Å². The lowest BCUT2D eigenvalue weighted by molar-refractivity contribution is -0.290. The van der Waals surface area contributed by atoms with Gasteiger partial charge in [-0.1, -0.05) is 108 Å². The van der Waals surface area contributed by atoms with Crippen LogP contribution in [0.2, 0.25) is 0 Å². The van der Waals surface area contributed by atoms with Gasteiger partial charge in [0.15, 0.2) is 12.2 Å². The van der Waals surface area contributed by atoms with Crippen LogP contribution in [-0.4, -0.2) is 71.0 Å². The number of halogens is 3. The lowest BCUT2D eigenvalue weighted by Crippen LogP contribution is -2.63. The predicted octanol–water partition coefficient (Wildman–Crippen LogP) is 6.16. The Morgan fingerprint density at radius 2 is 0.860 bits per heavy atom. The van der Waals surface area contributed by atoms with E-state index < -0.39 is 71.0 Å².